The molecule has 2 amide bonds. The largest absolute Gasteiger partial charge is 0.274 e. The molecule has 0 heterocycles. The Hall–Kier alpha value is -3.64. The van der Waals surface area contributed by atoms with Crippen LogP contribution in [0.5, 0.6) is 0 Å². The van der Waals surface area contributed by atoms with E-state index in [1.807, 2.05) is 73.0 Å². The van der Waals surface area contributed by atoms with Gasteiger partial charge in [-0.3, -0.25) is 9.59 Å². The minimum Gasteiger partial charge on any atom is -0.274 e. The summed E-state index contributed by atoms with van der Waals surface area (Å²) in [6.07, 6.45) is 4.23. The number of hydrogen-bond acceptors (Lipinski definition) is 4. The first-order valence-electron chi connectivity index (χ1n) is 8.62. The molecule has 0 N–H and O–H groups in total. The molecule has 2 aromatic rings. The van der Waals surface area contributed by atoms with Crippen LogP contribution in [-0.4, -0.2) is 21.6 Å². The zero-order chi connectivity index (χ0) is 19.5. The maximum absolute atomic E-state index is 12.2. The van der Waals surface area contributed by atoms with E-state index in [4.69, 9.17) is 0 Å². The van der Waals surface area contributed by atoms with E-state index in [2.05, 4.69) is 0 Å². The molecular weight excluding hydrogens is 340 g/mol. The minimum atomic E-state index is -0.333. The van der Waals surface area contributed by atoms with Crippen molar-refractivity contribution in [2.45, 2.75) is 32.4 Å². The summed E-state index contributed by atoms with van der Waals surface area (Å²) in [7, 11) is 0. The van der Waals surface area contributed by atoms with Crippen molar-refractivity contribution in [3.8, 4) is 12.4 Å². The molecular formula is C21H20N4O2. The molecule has 0 bridgehead atoms. The number of nitriles is 2. The molecule has 0 aliphatic carbocycles. The van der Waals surface area contributed by atoms with Crippen molar-refractivity contribution >= 4 is 11.8 Å². The highest BCUT2D eigenvalue weighted by molar-refractivity contribution is 5.80. The predicted octanol–water partition coefficient (Wildman–Crippen LogP) is 3.18. The van der Waals surface area contributed by atoms with Crippen LogP contribution in [0, 0.1) is 22.9 Å². The molecule has 0 fully saturated rings. The molecule has 6 nitrogen and oxygen atoms in total. The predicted molar refractivity (Wildman–Crippen MR) is 99.1 cm³/mol. The molecule has 2 rings (SSSR count). The van der Waals surface area contributed by atoms with Crippen molar-refractivity contribution in [1.82, 2.24) is 9.80 Å². The maximum Gasteiger partial charge on any atom is 0.235 e. The molecule has 0 radical (unpaired) electrons. The average Bonchev–Trinajstić information content (AvgIpc) is 2.71. The van der Waals surface area contributed by atoms with Crippen LogP contribution in [0.1, 0.15) is 30.4 Å². The number of nitrogens with zero attached hydrogens (tertiary/aromatic N) is 4. The van der Waals surface area contributed by atoms with Gasteiger partial charge in [-0.05, 0) is 17.5 Å². The van der Waals surface area contributed by atoms with Gasteiger partial charge in [0.05, 0.1) is 13.1 Å². The summed E-state index contributed by atoms with van der Waals surface area (Å²) in [4.78, 5) is 26.6. The molecule has 136 valence electrons. The number of carbonyl (C=O) groups excluding carboxylic acids is 2. The van der Waals surface area contributed by atoms with E-state index in [1.54, 1.807) is 0 Å². The van der Waals surface area contributed by atoms with Crippen LogP contribution in [0.3, 0.4) is 0 Å². The topological polar surface area (TPSA) is 88.2 Å². The Labute approximate surface area is 158 Å². The van der Waals surface area contributed by atoms with Crippen molar-refractivity contribution in [1.29, 1.82) is 10.5 Å². The molecule has 27 heavy (non-hydrogen) atoms. The Bertz CT molecular complexity index is 766. The Morgan fingerprint density at radius 2 is 1.07 bits per heavy atom. The fourth-order valence-electron chi connectivity index (χ4n) is 2.55. The van der Waals surface area contributed by atoms with E-state index < -0.39 is 0 Å². The van der Waals surface area contributed by atoms with Gasteiger partial charge in [0, 0.05) is 12.8 Å². The van der Waals surface area contributed by atoms with Gasteiger partial charge in [-0.15, -0.1) is 0 Å². The standard InChI is InChI=1S/C21H20N4O2/c22-16-24(14-18-8-3-1-4-9-18)20(26)12-7-13-21(27)25(17-23)15-19-10-5-2-6-11-19/h1-6,8-11H,7,12-15H2. The summed E-state index contributed by atoms with van der Waals surface area (Å²) in [5.74, 6) is -0.665. The summed E-state index contributed by atoms with van der Waals surface area (Å²) in [6.45, 7) is 0.422. The minimum absolute atomic E-state index is 0.0801. The number of hydrogen-bond donors (Lipinski definition) is 0. The van der Waals surface area contributed by atoms with Gasteiger partial charge in [0.25, 0.3) is 0 Å². The number of benzene rings is 2. The highest BCUT2D eigenvalue weighted by Crippen LogP contribution is 2.10. The molecule has 0 aliphatic rings. The summed E-state index contributed by atoms with van der Waals surface area (Å²) < 4.78 is 0. The van der Waals surface area contributed by atoms with E-state index in [-0.39, 0.29) is 44.2 Å². The van der Waals surface area contributed by atoms with Crippen molar-refractivity contribution < 1.29 is 9.59 Å². The van der Waals surface area contributed by atoms with Crippen LogP contribution < -0.4 is 0 Å². The van der Waals surface area contributed by atoms with Crippen LogP contribution in [0.4, 0.5) is 0 Å². The smallest absolute Gasteiger partial charge is 0.235 e. The summed E-state index contributed by atoms with van der Waals surface area (Å²) >= 11 is 0. The fraction of sp³-hybridized carbons (Fsp3) is 0.238. The Morgan fingerprint density at radius 3 is 1.41 bits per heavy atom. The zero-order valence-electron chi connectivity index (χ0n) is 14.9. The second-order valence-corrected chi connectivity index (χ2v) is 5.98. The molecule has 6 heteroatoms. The van der Waals surface area contributed by atoms with Crippen molar-refractivity contribution in [3.05, 3.63) is 71.8 Å². The Morgan fingerprint density at radius 1 is 0.704 bits per heavy atom. The molecule has 0 aliphatic heterocycles. The highest BCUT2D eigenvalue weighted by atomic mass is 16.2. The van der Waals surface area contributed by atoms with Crippen molar-refractivity contribution in [2.75, 3.05) is 0 Å². The van der Waals surface area contributed by atoms with Gasteiger partial charge >= 0.3 is 0 Å². The summed E-state index contributed by atoms with van der Waals surface area (Å²) in [5, 5.41) is 18.4. The molecule has 0 saturated heterocycles. The van der Waals surface area contributed by atoms with Crippen LogP contribution in [0.2, 0.25) is 0 Å². The second-order valence-electron chi connectivity index (χ2n) is 5.98. The molecule has 0 saturated carbocycles. The highest BCUT2D eigenvalue weighted by Gasteiger charge is 2.17. The van der Waals surface area contributed by atoms with Crippen molar-refractivity contribution in [3.63, 3.8) is 0 Å². The first kappa shape index (κ1) is 19.7. The van der Waals surface area contributed by atoms with Crippen LogP contribution in [0.15, 0.2) is 60.7 Å². The Kier molecular flexibility index (Phi) is 7.56. The van der Waals surface area contributed by atoms with Gasteiger partial charge in [0.2, 0.25) is 11.8 Å². The zero-order valence-corrected chi connectivity index (χ0v) is 14.9. The molecule has 0 unspecified atom stereocenters. The number of rotatable bonds is 8. The summed E-state index contributed by atoms with van der Waals surface area (Å²) in [5.41, 5.74) is 1.73. The van der Waals surface area contributed by atoms with Gasteiger partial charge in [0.1, 0.15) is 0 Å². The van der Waals surface area contributed by atoms with Crippen LogP contribution in [-0.2, 0) is 22.7 Å². The van der Waals surface area contributed by atoms with Crippen molar-refractivity contribution in [2.24, 2.45) is 0 Å². The SMILES string of the molecule is N#CN(Cc1ccccc1)C(=O)CCCC(=O)N(C#N)Cc1ccccc1. The second kappa shape index (κ2) is 10.4. The molecule has 0 spiro atoms. The molecule has 0 atom stereocenters. The lowest BCUT2D eigenvalue weighted by molar-refractivity contribution is -0.130. The third kappa shape index (κ3) is 6.30. The maximum atomic E-state index is 12.2. The van der Waals surface area contributed by atoms with E-state index in [0.29, 0.717) is 0 Å². The monoisotopic (exact) mass is 360 g/mol. The molecule has 0 aromatic heterocycles. The normalized spacial score (nSPS) is 9.70. The van der Waals surface area contributed by atoms with E-state index in [9.17, 15) is 20.1 Å². The van der Waals surface area contributed by atoms with E-state index in [0.717, 1.165) is 20.9 Å². The van der Waals surface area contributed by atoms with Gasteiger partial charge < -0.3 is 0 Å². The lowest BCUT2D eigenvalue weighted by atomic mass is 10.1. The van der Waals surface area contributed by atoms with E-state index in [1.165, 1.54) is 0 Å². The quantitative estimate of drug-likeness (QED) is 0.534. The van der Waals surface area contributed by atoms with E-state index >= 15 is 0 Å². The third-order valence-corrected chi connectivity index (χ3v) is 3.99. The third-order valence-electron chi connectivity index (χ3n) is 3.99. The van der Waals surface area contributed by atoms with Crippen LogP contribution in [0.25, 0.3) is 0 Å². The van der Waals surface area contributed by atoms with Gasteiger partial charge in [-0.1, -0.05) is 60.7 Å². The fourth-order valence-corrected chi connectivity index (χ4v) is 2.55. The number of amides is 2. The first-order chi connectivity index (χ1) is 13.1. The Balaban J connectivity index is 1.81. The average molecular weight is 360 g/mol. The lowest BCUT2D eigenvalue weighted by Crippen LogP contribution is -2.27. The van der Waals surface area contributed by atoms with Gasteiger partial charge in [-0.2, -0.15) is 10.5 Å². The van der Waals surface area contributed by atoms with Gasteiger partial charge in [0.15, 0.2) is 12.4 Å². The number of carbonyl (C=O) groups is 2. The van der Waals surface area contributed by atoms with Crippen LogP contribution >= 0.6 is 0 Å². The summed E-state index contributed by atoms with van der Waals surface area (Å²) in [6, 6.07) is 18.5. The first-order valence-corrected chi connectivity index (χ1v) is 8.62. The lowest BCUT2D eigenvalue weighted by Gasteiger charge is -2.15. The molecule has 2 aromatic carbocycles. The van der Waals surface area contributed by atoms with Gasteiger partial charge in [-0.25, -0.2) is 9.80 Å².